The topological polar surface area (TPSA) is 98.8 Å². The van der Waals surface area contributed by atoms with Crippen molar-refractivity contribution in [1.29, 1.82) is 0 Å². The van der Waals surface area contributed by atoms with Crippen LogP contribution in [0.15, 0.2) is 17.5 Å². The molecule has 3 atom stereocenters. The summed E-state index contributed by atoms with van der Waals surface area (Å²) in [6.07, 6.45) is 3.53. The first kappa shape index (κ1) is 18.3. The molecule has 2 aliphatic carbocycles. The third kappa shape index (κ3) is 3.35. The van der Waals surface area contributed by atoms with E-state index in [1.807, 2.05) is 18.4 Å². The van der Waals surface area contributed by atoms with Crippen molar-refractivity contribution in [2.75, 3.05) is 30.3 Å². The van der Waals surface area contributed by atoms with E-state index in [2.05, 4.69) is 31.8 Å². The van der Waals surface area contributed by atoms with Gasteiger partial charge in [0.2, 0.25) is 5.95 Å². The number of likely N-dealkylation sites (tertiary alicyclic amines) is 1. The van der Waals surface area contributed by atoms with Crippen molar-refractivity contribution in [2.24, 2.45) is 17.8 Å². The Morgan fingerprint density at radius 2 is 2.17 bits per heavy atom. The molecule has 3 aliphatic rings. The molecule has 0 radical (unpaired) electrons. The van der Waals surface area contributed by atoms with E-state index in [9.17, 15) is 4.79 Å². The van der Waals surface area contributed by atoms with Crippen LogP contribution in [-0.2, 0) is 4.79 Å². The van der Waals surface area contributed by atoms with Gasteiger partial charge in [0.25, 0.3) is 0 Å². The van der Waals surface area contributed by atoms with Gasteiger partial charge in [-0.3, -0.25) is 5.10 Å². The average Bonchev–Trinajstić information content (AvgIpc) is 3.45. The zero-order valence-corrected chi connectivity index (χ0v) is 17.7. The molecule has 8 nitrogen and oxygen atoms in total. The molecular formula is C21H25N7OS. The van der Waals surface area contributed by atoms with Crippen LogP contribution in [0.4, 0.5) is 17.6 Å². The lowest BCUT2D eigenvalue weighted by atomic mass is 10.2. The second-order valence-electron chi connectivity index (χ2n) is 8.97. The molecule has 3 aromatic heterocycles. The van der Waals surface area contributed by atoms with E-state index in [0.717, 1.165) is 47.8 Å². The average molecular weight is 424 g/mol. The van der Waals surface area contributed by atoms with Crippen molar-refractivity contribution in [3.63, 3.8) is 0 Å². The second-order valence-corrected chi connectivity index (χ2v) is 9.88. The van der Waals surface area contributed by atoms with Crippen molar-refractivity contribution in [3.8, 4) is 0 Å². The molecule has 3 unspecified atom stereocenters. The molecule has 0 spiro atoms. The first-order chi connectivity index (χ1) is 14.7. The fourth-order valence-electron chi connectivity index (χ4n) is 4.71. The molecule has 0 amide bonds. The van der Waals surface area contributed by atoms with Crippen LogP contribution in [0.2, 0.25) is 0 Å². The van der Waals surface area contributed by atoms with E-state index < -0.39 is 0 Å². The number of carbonyl (C=O) groups is 1. The summed E-state index contributed by atoms with van der Waals surface area (Å²) in [5.74, 6) is 4.27. The van der Waals surface area contributed by atoms with E-state index in [4.69, 9.17) is 9.97 Å². The maximum Gasteiger partial charge on any atom is 0.225 e. The van der Waals surface area contributed by atoms with Gasteiger partial charge in [-0.2, -0.15) is 10.1 Å². The van der Waals surface area contributed by atoms with E-state index in [1.165, 1.54) is 18.5 Å². The molecule has 3 N–H and O–H groups in total. The normalized spacial score (nSPS) is 26.5. The van der Waals surface area contributed by atoms with Crippen molar-refractivity contribution in [3.05, 3.63) is 23.2 Å². The molecule has 3 fully saturated rings. The number of H-pyrrole nitrogens is 1. The monoisotopic (exact) mass is 423 g/mol. The number of nitrogens with zero attached hydrogens (tertiary/aromatic N) is 4. The van der Waals surface area contributed by atoms with Crippen molar-refractivity contribution < 1.29 is 4.79 Å². The maximum absolute atomic E-state index is 10.9. The Labute approximate surface area is 178 Å². The van der Waals surface area contributed by atoms with Gasteiger partial charge in [0.05, 0.1) is 10.2 Å². The van der Waals surface area contributed by atoms with Crippen molar-refractivity contribution in [1.82, 2.24) is 25.1 Å². The molecule has 4 heterocycles. The van der Waals surface area contributed by atoms with Crippen LogP contribution in [0.5, 0.6) is 0 Å². The van der Waals surface area contributed by atoms with Crippen molar-refractivity contribution >= 4 is 45.4 Å². The SMILES string of the molecule is CC(C=O)CN1CC2C(C1)C2Nc1nc(Nc2cc(C3CC3)[nH]n2)c2sccc2n1. The van der Waals surface area contributed by atoms with E-state index in [1.54, 1.807) is 11.3 Å². The number of nitrogens with one attached hydrogen (secondary N) is 3. The van der Waals surface area contributed by atoms with Gasteiger partial charge in [-0.15, -0.1) is 11.3 Å². The number of carbonyl (C=O) groups excluding carboxylic acids is 1. The van der Waals surface area contributed by atoms with E-state index >= 15 is 0 Å². The van der Waals surface area contributed by atoms with Gasteiger partial charge < -0.3 is 20.3 Å². The molecular weight excluding hydrogens is 398 g/mol. The first-order valence-electron chi connectivity index (χ1n) is 10.7. The summed E-state index contributed by atoms with van der Waals surface area (Å²) in [7, 11) is 0. The Kier molecular flexibility index (Phi) is 4.28. The minimum atomic E-state index is 0.106. The number of fused-ring (bicyclic) bond motifs is 2. The lowest BCUT2D eigenvalue weighted by Gasteiger charge is -2.21. The number of aromatic nitrogens is 4. The minimum absolute atomic E-state index is 0.106. The second kappa shape index (κ2) is 7.02. The van der Waals surface area contributed by atoms with Crippen LogP contribution >= 0.6 is 11.3 Å². The quantitative estimate of drug-likeness (QED) is 0.479. The summed E-state index contributed by atoms with van der Waals surface area (Å²) in [5, 5.41) is 16.6. The summed E-state index contributed by atoms with van der Waals surface area (Å²) in [6.45, 7) is 4.94. The van der Waals surface area contributed by atoms with Gasteiger partial charge >= 0.3 is 0 Å². The highest BCUT2D eigenvalue weighted by Crippen LogP contribution is 2.47. The van der Waals surface area contributed by atoms with Crippen LogP contribution in [0.25, 0.3) is 10.2 Å². The molecule has 0 bridgehead atoms. The fraction of sp³-hybridized carbons (Fsp3) is 0.524. The number of anilines is 3. The van der Waals surface area contributed by atoms with Gasteiger partial charge in [0.15, 0.2) is 11.6 Å². The number of hydrogen-bond acceptors (Lipinski definition) is 8. The third-order valence-electron chi connectivity index (χ3n) is 6.51. The fourth-order valence-corrected chi connectivity index (χ4v) is 5.49. The number of hydrogen-bond donors (Lipinski definition) is 3. The smallest absolute Gasteiger partial charge is 0.225 e. The minimum Gasteiger partial charge on any atom is -0.351 e. The Balaban J connectivity index is 1.16. The van der Waals surface area contributed by atoms with E-state index in [0.29, 0.717) is 29.7 Å². The van der Waals surface area contributed by atoms with Crippen LogP contribution in [0.1, 0.15) is 31.4 Å². The summed E-state index contributed by atoms with van der Waals surface area (Å²) < 4.78 is 1.04. The molecule has 6 rings (SSSR count). The molecule has 1 saturated heterocycles. The van der Waals surface area contributed by atoms with Crippen LogP contribution in [0.3, 0.4) is 0 Å². The Morgan fingerprint density at radius 1 is 1.33 bits per heavy atom. The zero-order chi connectivity index (χ0) is 20.2. The predicted octanol–water partition coefficient (Wildman–Crippen LogP) is 3.21. The molecule has 2 saturated carbocycles. The van der Waals surface area contributed by atoms with Gasteiger partial charge in [-0.05, 0) is 36.1 Å². The summed E-state index contributed by atoms with van der Waals surface area (Å²) in [5.41, 5.74) is 2.15. The van der Waals surface area contributed by atoms with E-state index in [-0.39, 0.29) is 5.92 Å². The maximum atomic E-state index is 10.9. The molecule has 0 aromatic carbocycles. The third-order valence-corrected chi connectivity index (χ3v) is 7.42. The lowest BCUT2D eigenvalue weighted by molar-refractivity contribution is -0.111. The first-order valence-corrected chi connectivity index (χ1v) is 11.6. The predicted molar refractivity (Wildman–Crippen MR) is 117 cm³/mol. The van der Waals surface area contributed by atoms with Gasteiger partial charge in [0.1, 0.15) is 6.29 Å². The number of aldehydes is 1. The molecule has 1 aliphatic heterocycles. The van der Waals surface area contributed by atoms with Crippen LogP contribution in [0, 0.1) is 17.8 Å². The van der Waals surface area contributed by atoms with Crippen molar-refractivity contribution in [2.45, 2.75) is 31.7 Å². The highest BCUT2D eigenvalue weighted by Gasteiger charge is 2.56. The standard InChI is InChI=1S/C21H25N7OS/c1-11(10-29)7-28-8-13-14(9-28)18(13)24-21-22-15-4-5-30-19(15)20(25-21)23-17-6-16(26-27-17)12-2-3-12/h4-6,10-14,18H,2-3,7-9H2,1H3,(H3,22,23,24,25,26,27). The Bertz CT molecular complexity index is 1080. The summed E-state index contributed by atoms with van der Waals surface area (Å²) >= 11 is 1.64. The summed E-state index contributed by atoms with van der Waals surface area (Å²) in [6, 6.07) is 4.55. The highest BCUT2D eigenvalue weighted by atomic mass is 32.1. The molecule has 9 heteroatoms. The zero-order valence-electron chi connectivity index (χ0n) is 16.8. The van der Waals surface area contributed by atoms with Gasteiger partial charge in [0, 0.05) is 49.3 Å². The van der Waals surface area contributed by atoms with Crippen LogP contribution in [-0.4, -0.2) is 57.0 Å². The highest BCUT2D eigenvalue weighted by molar-refractivity contribution is 7.17. The van der Waals surface area contributed by atoms with Gasteiger partial charge in [-0.25, -0.2) is 4.98 Å². The number of piperidine rings is 1. The summed E-state index contributed by atoms with van der Waals surface area (Å²) in [4.78, 5) is 22.8. The molecule has 30 heavy (non-hydrogen) atoms. The number of thiophene rings is 1. The Hall–Kier alpha value is -2.52. The number of rotatable bonds is 8. The number of aromatic amines is 1. The Morgan fingerprint density at radius 3 is 2.93 bits per heavy atom. The van der Waals surface area contributed by atoms with Crippen LogP contribution < -0.4 is 10.6 Å². The molecule has 3 aromatic rings. The molecule has 156 valence electrons. The lowest BCUT2D eigenvalue weighted by Crippen LogP contribution is -2.32. The van der Waals surface area contributed by atoms with Gasteiger partial charge in [-0.1, -0.05) is 6.92 Å². The largest absolute Gasteiger partial charge is 0.351 e.